The number of esters is 1. The van der Waals surface area contributed by atoms with Gasteiger partial charge in [0.25, 0.3) is 5.91 Å². The number of thioether (sulfide) groups is 2. The summed E-state index contributed by atoms with van der Waals surface area (Å²) >= 11 is 3.90. The molecule has 7 heteroatoms. The maximum Gasteiger partial charge on any atom is 0.334 e. The summed E-state index contributed by atoms with van der Waals surface area (Å²) in [6.07, 6.45) is 4.88. The molecule has 3 unspecified atom stereocenters. The molecule has 0 radical (unpaired) electrons. The van der Waals surface area contributed by atoms with Crippen molar-refractivity contribution in [1.82, 2.24) is 4.90 Å². The third-order valence-corrected chi connectivity index (χ3v) is 10.0. The summed E-state index contributed by atoms with van der Waals surface area (Å²) in [7, 11) is 1.57. The molecule has 1 amide bonds. The van der Waals surface area contributed by atoms with Gasteiger partial charge in [0.15, 0.2) is 0 Å². The fraction of sp³-hybridized carbons (Fsp3) is 0.462. The highest BCUT2D eigenvalue weighted by Gasteiger charge is 2.48. The smallest absolute Gasteiger partial charge is 0.334 e. The molecule has 3 aliphatic rings. The first-order valence-electron chi connectivity index (χ1n) is 11.7. The van der Waals surface area contributed by atoms with Crippen molar-refractivity contribution < 1.29 is 19.1 Å². The summed E-state index contributed by atoms with van der Waals surface area (Å²) in [5.74, 6) is 3.27. The monoisotopic (exact) mass is 483 g/mol. The maximum atomic E-state index is 13.7. The van der Waals surface area contributed by atoms with Gasteiger partial charge in [0.05, 0.1) is 17.3 Å². The van der Waals surface area contributed by atoms with E-state index < -0.39 is 6.04 Å². The Morgan fingerprint density at radius 2 is 1.70 bits per heavy atom. The van der Waals surface area contributed by atoms with Gasteiger partial charge in [-0.05, 0) is 55.0 Å². The molecule has 2 aromatic carbocycles. The third-order valence-electron chi connectivity index (χ3n) is 6.92. The van der Waals surface area contributed by atoms with Gasteiger partial charge in [0.1, 0.15) is 17.5 Å². The molecule has 3 atom stereocenters. The van der Waals surface area contributed by atoms with E-state index in [9.17, 15) is 9.59 Å². The van der Waals surface area contributed by atoms with Crippen LogP contribution in [0.3, 0.4) is 0 Å². The number of fused-ring (bicyclic) bond motifs is 1. The van der Waals surface area contributed by atoms with Crippen molar-refractivity contribution in [2.75, 3.05) is 18.6 Å². The van der Waals surface area contributed by atoms with Crippen LogP contribution in [0, 0.1) is 5.92 Å². The summed E-state index contributed by atoms with van der Waals surface area (Å²) < 4.78 is 11.7. The highest BCUT2D eigenvalue weighted by Crippen LogP contribution is 2.45. The number of methoxy groups -OCH3 is 1. The molecule has 2 heterocycles. The molecule has 2 aromatic rings. The number of likely N-dealkylation sites (tertiary alicyclic amines) is 1. The van der Waals surface area contributed by atoms with Gasteiger partial charge in [-0.25, -0.2) is 4.79 Å². The van der Waals surface area contributed by atoms with Crippen molar-refractivity contribution in [1.29, 1.82) is 0 Å². The zero-order valence-corrected chi connectivity index (χ0v) is 20.4. The van der Waals surface area contributed by atoms with Crippen LogP contribution in [0.4, 0.5) is 0 Å². The summed E-state index contributed by atoms with van der Waals surface area (Å²) in [6, 6.07) is 14.6. The second-order valence-corrected chi connectivity index (χ2v) is 11.6. The fourth-order valence-corrected chi connectivity index (χ4v) is 8.21. The van der Waals surface area contributed by atoms with Crippen molar-refractivity contribution in [2.24, 2.45) is 5.92 Å². The molecule has 0 spiro atoms. The lowest BCUT2D eigenvalue weighted by atomic mass is 9.84. The molecule has 33 heavy (non-hydrogen) atoms. The largest absolute Gasteiger partial charge is 0.496 e. The fourth-order valence-electron chi connectivity index (χ4n) is 5.35. The topological polar surface area (TPSA) is 55.8 Å². The van der Waals surface area contributed by atoms with Crippen molar-refractivity contribution in [3.63, 3.8) is 0 Å². The van der Waals surface area contributed by atoms with Crippen LogP contribution in [0.1, 0.15) is 52.6 Å². The van der Waals surface area contributed by atoms with E-state index in [1.165, 1.54) is 17.1 Å². The van der Waals surface area contributed by atoms with Gasteiger partial charge in [-0.2, -0.15) is 0 Å². The maximum absolute atomic E-state index is 13.7. The predicted octanol–water partition coefficient (Wildman–Crippen LogP) is 5.55. The Balaban J connectivity index is 1.36. The molecule has 5 rings (SSSR count). The van der Waals surface area contributed by atoms with E-state index in [1.54, 1.807) is 24.1 Å². The minimum Gasteiger partial charge on any atom is -0.496 e. The first-order valence-corrected chi connectivity index (χ1v) is 13.8. The number of amides is 1. The number of benzene rings is 2. The summed E-state index contributed by atoms with van der Waals surface area (Å²) in [5, 5.41) is 0. The molecule has 0 aromatic heterocycles. The van der Waals surface area contributed by atoms with E-state index in [-0.39, 0.29) is 17.9 Å². The predicted molar refractivity (Wildman–Crippen MR) is 133 cm³/mol. The van der Waals surface area contributed by atoms with Gasteiger partial charge in [-0.3, -0.25) is 4.79 Å². The summed E-state index contributed by atoms with van der Waals surface area (Å²) in [6.45, 7) is 0. The van der Waals surface area contributed by atoms with E-state index >= 15 is 0 Å². The number of carbonyl (C=O) groups is 2. The van der Waals surface area contributed by atoms with Crippen LogP contribution in [0.25, 0.3) is 0 Å². The first-order chi connectivity index (χ1) is 16.2. The lowest BCUT2D eigenvalue weighted by Crippen LogP contribution is -2.47. The van der Waals surface area contributed by atoms with E-state index in [2.05, 4.69) is 0 Å². The Kier molecular flexibility index (Phi) is 6.88. The van der Waals surface area contributed by atoms with Crippen molar-refractivity contribution in [2.45, 2.75) is 48.8 Å². The number of hydrogen-bond acceptors (Lipinski definition) is 6. The average molecular weight is 484 g/mol. The molecule has 2 saturated heterocycles. The van der Waals surface area contributed by atoms with Crippen LogP contribution in [-0.4, -0.2) is 47.5 Å². The SMILES string of the molecule is COc1ccccc1C(=O)N1C(C(=O)Oc2ccc(C3SCCS3)cc2)CC2CCCCC21. The molecule has 0 bridgehead atoms. The molecule has 1 aliphatic carbocycles. The minimum absolute atomic E-state index is 0.0764. The van der Waals surface area contributed by atoms with Gasteiger partial charge in [-0.15, -0.1) is 23.5 Å². The van der Waals surface area contributed by atoms with Crippen molar-refractivity contribution >= 4 is 35.4 Å². The molecule has 2 aliphatic heterocycles. The first kappa shape index (κ1) is 22.7. The van der Waals surface area contributed by atoms with Gasteiger partial charge in [0, 0.05) is 17.5 Å². The van der Waals surface area contributed by atoms with Crippen LogP contribution in [0.2, 0.25) is 0 Å². The van der Waals surface area contributed by atoms with Crippen LogP contribution in [0.5, 0.6) is 11.5 Å². The lowest BCUT2D eigenvalue weighted by molar-refractivity contribution is -0.139. The normalized spacial score (nSPS) is 25.0. The Morgan fingerprint density at radius 3 is 2.45 bits per heavy atom. The Labute approximate surface area is 203 Å². The second kappa shape index (κ2) is 10.0. The molecular formula is C26H29NO4S2. The standard InChI is InChI=1S/C26H29NO4S2/c1-30-23-9-5-3-7-20(23)24(28)27-21-8-4-2-6-18(21)16-22(27)25(29)31-19-12-10-17(11-13-19)26-32-14-15-33-26/h3,5,7,9-13,18,21-22,26H,2,4,6,8,14-16H2,1H3. The summed E-state index contributed by atoms with van der Waals surface area (Å²) in [5.41, 5.74) is 1.75. The van der Waals surface area contributed by atoms with Gasteiger partial charge < -0.3 is 14.4 Å². The summed E-state index contributed by atoms with van der Waals surface area (Å²) in [4.78, 5) is 28.8. The van der Waals surface area contributed by atoms with Gasteiger partial charge in [0.2, 0.25) is 0 Å². The van der Waals surface area contributed by atoms with Crippen LogP contribution in [0.15, 0.2) is 48.5 Å². The van der Waals surface area contributed by atoms with E-state index in [0.717, 1.165) is 25.7 Å². The van der Waals surface area contributed by atoms with Gasteiger partial charge >= 0.3 is 5.97 Å². The minimum atomic E-state index is -0.573. The molecular weight excluding hydrogens is 454 g/mol. The number of carbonyl (C=O) groups excluding carboxylic acids is 2. The Hall–Kier alpha value is -2.12. The highest BCUT2D eigenvalue weighted by molar-refractivity contribution is 8.19. The molecule has 174 valence electrons. The molecule has 3 fully saturated rings. The van der Waals surface area contributed by atoms with Crippen LogP contribution in [-0.2, 0) is 4.79 Å². The zero-order valence-electron chi connectivity index (χ0n) is 18.8. The van der Waals surface area contributed by atoms with Crippen molar-refractivity contribution in [3.05, 3.63) is 59.7 Å². The highest BCUT2D eigenvalue weighted by atomic mass is 32.2. The number of para-hydroxylation sites is 1. The van der Waals surface area contributed by atoms with Crippen LogP contribution < -0.4 is 9.47 Å². The number of nitrogens with zero attached hydrogens (tertiary/aromatic N) is 1. The Morgan fingerprint density at radius 1 is 0.970 bits per heavy atom. The number of hydrogen-bond donors (Lipinski definition) is 0. The average Bonchev–Trinajstić information content (AvgIpc) is 3.52. The molecule has 5 nitrogen and oxygen atoms in total. The van der Waals surface area contributed by atoms with Crippen LogP contribution >= 0.6 is 23.5 Å². The van der Waals surface area contributed by atoms with E-state index in [0.29, 0.717) is 34.0 Å². The molecule has 0 N–H and O–H groups in total. The third kappa shape index (κ3) is 4.62. The quantitative estimate of drug-likeness (QED) is 0.410. The van der Waals surface area contributed by atoms with Gasteiger partial charge in [-0.1, -0.05) is 37.1 Å². The Bertz CT molecular complexity index is 1010. The number of rotatable bonds is 5. The molecule has 1 saturated carbocycles. The second-order valence-electron chi connectivity index (χ2n) is 8.84. The van der Waals surface area contributed by atoms with Crippen molar-refractivity contribution in [3.8, 4) is 11.5 Å². The lowest BCUT2D eigenvalue weighted by Gasteiger charge is -2.33. The van der Waals surface area contributed by atoms with E-state index in [4.69, 9.17) is 9.47 Å². The van der Waals surface area contributed by atoms with E-state index in [1.807, 2.05) is 59.9 Å². The number of ether oxygens (including phenoxy) is 2. The zero-order chi connectivity index (χ0) is 22.8.